The summed E-state index contributed by atoms with van der Waals surface area (Å²) in [5, 5.41) is 40.5. The number of hydrogen-bond donors (Lipinski definition) is 0. The van der Waals surface area contributed by atoms with E-state index in [1.54, 1.807) is 31.2 Å². The van der Waals surface area contributed by atoms with E-state index in [9.17, 15) is 20.5 Å². The van der Waals surface area contributed by atoms with Crippen molar-refractivity contribution in [3.63, 3.8) is 0 Å². The Balaban J connectivity index is 0.00000280. The van der Waals surface area contributed by atoms with Crippen LogP contribution in [0.25, 0.3) is 11.1 Å². The van der Waals surface area contributed by atoms with E-state index >= 15 is 0 Å². The van der Waals surface area contributed by atoms with Crippen LogP contribution in [-0.2, 0) is 0 Å². The van der Waals surface area contributed by atoms with E-state index in [0.717, 1.165) is 0 Å². The van der Waals surface area contributed by atoms with Crippen LogP contribution in [0.1, 0.15) is 11.3 Å². The van der Waals surface area contributed by atoms with Crippen molar-refractivity contribution in [1.82, 2.24) is 4.98 Å². The third kappa shape index (κ3) is 4.67. The predicted molar refractivity (Wildman–Crippen MR) is 95.8 cm³/mol. The van der Waals surface area contributed by atoms with Crippen molar-refractivity contribution in [3.8, 4) is 23.1 Å². The Labute approximate surface area is 203 Å². The fourth-order valence-electron chi connectivity index (χ4n) is 2.53. The zero-order valence-corrected chi connectivity index (χ0v) is 18.3. The average Bonchev–Trinajstić information content (AvgIpc) is 2.67. The summed E-state index contributed by atoms with van der Waals surface area (Å²) in [5.41, 5.74) is 1.88. The zero-order chi connectivity index (χ0) is 19.4. The zero-order valence-electron chi connectivity index (χ0n) is 15.2. The largest absolute Gasteiger partial charge is 1.00 e. The van der Waals surface area contributed by atoms with E-state index in [2.05, 4.69) is 15.2 Å². The van der Waals surface area contributed by atoms with Crippen molar-refractivity contribution in [2.24, 2.45) is 10.2 Å². The van der Waals surface area contributed by atoms with Crippen LogP contribution in [0.4, 0.5) is 17.1 Å². The first-order valence-electron chi connectivity index (χ1n) is 7.84. The van der Waals surface area contributed by atoms with Gasteiger partial charge in [-0.1, -0.05) is 30.3 Å². The molecule has 0 amide bonds. The molecule has 0 bridgehead atoms. The number of azo groups is 1. The molecule has 0 aliphatic rings. The molecule has 8 nitrogen and oxygen atoms in total. The van der Waals surface area contributed by atoms with E-state index in [4.69, 9.17) is 0 Å². The standard InChI is InChI=1S/C19H13N5O3.K/c1-12-18(23-22-14-7-9-15(10-8-14)24(26)27)17(13-5-3-2-4-6-13)16(11-20)19(25)21-12;/h2-10H,1H3,(H,21,25);/q;+1/p-1. The normalized spacial score (nSPS) is 10.3. The van der Waals surface area contributed by atoms with Crippen molar-refractivity contribution in [2.75, 3.05) is 0 Å². The Morgan fingerprint density at radius 3 is 2.29 bits per heavy atom. The van der Waals surface area contributed by atoms with Gasteiger partial charge in [0.2, 0.25) is 0 Å². The molecule has 0 unspecified atom stereocenters. The number of aryl methyl sites for hydroxylation is 1. The monoisotopic (exact) mass is 397 g/mol. The molecule has 132 valence electrons. The van der Waals surface area contributed by atoms with E-state index in [0.29, 0.717) is 28.2 Å². The summed E-state index contributed by atoms with van der Waals surface area (Å²) in [6.07, 6.45) is 0. The van der Waals surface area contributed by atoms with Gasteiger partial charge in [-0.15, -0.1) is 5.11 Å². The van der Waals surface area contributed by atoms with Crippen LogP contribution < -0.4 is 56.5 Å². The minimum atomic E-state index is -0.622. The Morgan fingerprint density at radius 1 is 1.07 bits per heavy atom. The molecule has 1 heterocycles. The van der Waals surface area contributed by atoms with Crippen LogP contribution in [0.2, 0.25) is 0 Å². The maximum Gasteiger partial charge on any atom is 1.00 e. The van der Waals surface area contributed by atoms with Crippen molar-refractivity contribution >= 4 is 17.1 Å². The number of aromatic nitrogens is 1. The summed E-state index contributed by atoms with van der Waals surface area (Å²) < 4.78 is 0. The minimum absolute atomic E-state index is 0. The molecule has 1 aromatic heterocycles. The fourth-order valence-corrected chi connectivity index (χ4v) is 2.53. The van der Waals surface area contributed by atoms with E-state index < -0.39 is 10.8 Å². The molecule has 0 atom stereocenters. The third-order valence-electron chi connectivity index (χ3n) is 3.81. The molecular formula is C19H12KN5O3. The van der Waals surface area contributed by atoms with Crippen molar-refractivity contribution in [1.29, 1.82) is 5.26 Å². The van der Waals surface area contributed by atoms with Crippen LogP contribution >= 0.6 is 0 Å². The molecule has 0 N–H and O–H groups in total. The second-order valence-electron chi connectivity index (χ2n) is 5.55. The van der Waals surface area contributed by atoms with E-state index in [-0.39, 0.29) is 62.6 Å². The number of nitro benzene ring substituents is 1. The first-order valence-corrected chi connectivity index (χ1v) is 7.84. The van der Waals surface area contributed by atoms with E-state index in [1.807, 2.05) is 12.1 Å². The average molecular weight is 397 g/mol. The quantitative estimate of drug-likeness (QED) is 0.284. The Hall–Kier alpha value is -2.48. The Morgan fingerprint density at radius 2 is 1.71 bits per heavy atom. The number of non-ortho nitro benzene ring substituents is 1. The van der Waals surface area contributed by atoms with Gasteiger partial charge in [0.15, 0.2) is 0 Å². The van der Waals surface area contributed by atoms with Crippen molar-refractivity contribution in [2.45, 2.75) is 6.92 Å². The van der Waals surface area contributed by atoms with Gasteiger partial charge < -0.3 is 5.11 Å². The SMILES string of the molecule is Cc1nc([O-])c(C#N)c(-c2ccccc2)c1N=Nc1ccc([N+](=O)[O-])cc1.[K+]. The van der Waals surface area contributed by atoms with E-state index in [1.165, 1.54) is 24.3 Å². The van der Waals surface area contributed by atoms with Gasteiger partial charge in [0, 0.05) is 23.6 Å². The maximum absolute atomic E-state index is 12.1. The molecule has 0 saturated heterocycles. The number of rotatable bonds is 4. The number of benzene rings is 2. The summed E-state index contributed by atoms with van der Waals surface area (Å²) >= 11 is 0. The molecule has 0 aliphatic carbocycles. The summed E-state index contributed by atoms with van der Waals surface area (Å²) in [7, 11) is 0. The Kier molecular flexibility index (Phi) is 7.50. The summed E-state index contributed by atoms with van der Waals surface area (Å²) in [6, 6.07) is 16.4. The van der Waals surface area contributed by atoms with Gasteiger partial charge >= 0.3 is 51.4 Å². The van der Waals surface area contributed by atoms with Gasteiger partial charge in [-0.3, -0.25) is 15.1 Å². The third-order valence-corrected chi connectivity index (χ3v) is 3.81. The maximum atomic E-state index is 12.1. The molecule has 2 aromatic carbocycles. The molecule has 0 radical (unpaired) electrons. The molecule has 28 heavy (non-hydrogen) atoms. The van der Waals surface area contributed by atoms with Crippen molar-refractivity contribution in [3.05, 3.63) is 76.0 Å². The fraction of sp³-hybridized carbons (Fsp3) is 0.0526. The molecular weight excluding hydrogens is 385 g/mol. The molecule has 0 fully saturated rings. The van der Waals surface area contributed by atoms with Gasteiger partial charge in [0.05, 0.1) is 21.9 Å². The van der Waals surface area contributed by atoms with Gasteiger partial charge in [-0.2, -0.15) is 10.4 Å². The minimum Gasteiger partial charge on any atom is -0.858 e. The summed E-state index contributed by atoms with van der Waals surface area (Å²) in [4.78, 5) is 14.1. The first kappa shape index (κ1) is 21.8. The van der Waals surface area contributed by atoms with Crippen LogP contribution in [0.3, 0.4) is 0 Å². The van der Waals surface area contributed by atoms with Crippen LogP contribution in [0, 0.1) is 28.4 Å². The topological polar surface area (TPSA) is 128 Å². The Bertz CT molecular complexity index is 1080. The molecule has 0 spiro atoms. The van der Waals surface area contributed by atoms with Gasteiger partial charge in [0.1, 0.15) is 11.8 Å². The van der Waals surface area contributed by atoms with Crippen LogP contribution in [0.15, 0.2) is 64.8 Å². The van der Waals surface area contributed by atoms with Gasteiger partial charge in [0.25, 0.3) is 5.69 Å². The van der Waals surface area contributed by atoms with Crippen LogP contribution in [0.5, 0.6) is 5.88 Å². The molecule has 0 saturated carbocycles. The molecule has 9 heteroatoms. The number of nitriles is 1. The number of nitrogens with zero attached hydrogens (tertiary/aromatic N) is 5. The first-order chi connectivity index (χ1) is 13.0. The number of nitro groups is 1. The van der Waals surface area contributed by atoms with Crippen LogP contribution in [-0.4, -0.2) is 9.91 Å². The second kappa shape index (κ2) is 9.63. The van der Waals surface area contributed by atoms with Gasteiger partial charge in [-0.25, -0.2) is 0 Å². The smallest absolute Gasteiger partial charge is 0.858 e. The predicted octanol–water partition coefficient (Wildman–Crippen LogP) is 1.33. The molecule has 0 aliphatic heterocycles. The van der Waals surface area contributed by atoms with Gasteiger partial charge in [-0.05, 0) is 24.6 Å². The summed E-state index contributed by atoms with van der Waals surface area (Å²) in [5.74, 6) is -0.622. The number of hydrogen-bond acceptors (Lipinski definition) is 7. The summed E-state index contributed by atoms with van der Waals surface area (Å²) in [6.45, 7) is 1.61. The number of pyridine rings is 1. The second-order valence-corrected chi connectivity index (χ2v) is 5.55. The molecule has 3 aromatic rings. The van der Waals surface area contributed by atoms with Crippen molar-refractivity contribution < 1.29 is 61.4 Å². The molecule has 3 rings (SSSR count).